The molecule has 3 aromatic rings. The second kappa shape index (κ2) is 7.08. The number of carbonyl (C=O) groups excluding carboxylic acids is 1. The first kappa shape index (κ1) is 20.3. The van der Waals surface area contributed by atoms with Gasteiger partial charge < -0.3 is 14.4 Å². The maximum absolute atomic E-state index is 13.0. The van der Waals surface area contributed by atoms with Crippen molar-refractivity contribution in [1.29, 1.82) is 0 Å². The lowest BCUT2D eigenvalue weighted by atomic mass is 9.38. The number of rotatable bonds is 5. The van der Waals surface area contributed by atoms with E-state index in [4.69, 9.17) is 27.9 Å². The zero-order valence-electron chi connectivity index (χ0n) is 17.3. The van der Waals surface area contributed by atoms with Crippen molar-refractivity contribution in [3.05, 3.63) is 70.6 Å². The van der Waals surface area contributed by atoms with E-state index in [1.807, 2.05) is 30.6 Å². The molecule has 2 bridgehead atoms. The van der Waals surface area contributed by atoms with E-state index >= 15 is 0 Å². The number of Topliss-reactive ketones (excluding diaryl/α,β-unsaturated/α-hetero) is 1. The Labute approximate surface area is 195 Å². The third-order valence-electron chi connectivity index (χ3n) is 7.33. The van der Waals surface area contributed by atoms with Crippen LogP contribution in [-0.4, -0.2) is 26.5 Å². The number of hydrogen-bond acceptors (Lipinski definition) is 4. The summed E-state index contributed by atoms with van der Waals surface area (Å²) >= 11 is 12.0. The number of imidazole rings is 1. The molecule has 0 radical (unpaired) electrons. The van der Waals surface area contributed by atoms with Crippen LogP contribution in [-0.2, 0) is 10.3 Å². The molecular weight excluding hydrogens is 447 g/mol. The second-order valence-electron chi connectivity index (χ2n) is 9.61. The first-order chi connectivity index (χ1) is 15.3. The Kier molecular flexibility index (Phi) is 4.49. The average molecular weight is 469 g/mol. The number of aliphatic hydroxyl groups excluding tert-OH is 1. The van der Waals surface area contributed by atoms with Crippen LogP contribution in [0.3, 0.4) is 0 Å². The predicted molar refractivity (Wildman–Crippen MR) is 122 cm³/mol. The van der Waals surface area contributed by atoms with E-state index in [1.165, 1.54) is 0 Å². The van der Waals surface area contributed by atoms with Crippen LogP contribution in [0, 0.1) is 5.41 Å². The second-order valence-corrected chi connectivity index (χ2v) is 10.5. The summed E-state index contributed by atoms with van der Waals surface area (Å²) in [6, 6.07) is 12.8. The van der Waals surface area contributed by atoms with Crippen molar-refractivity contribution in [2.24, 2.45) is 5.41 Å². The first-order valence-electron chi connectivity index (χ1n) is 10.8. The van der Waals surface area contributed by atoms with Gasteiger partial charge in [0, 0.05) is 45.7 Å². The first-order valence-corrected chi connectivity index (χ1v) is 11.6. The molecule has 3 fully saturated rings. The third-order valence-corrected chi connectivity index (χ3v) is 7.82. The van der Waals surface area contributed by atoms with Gasteiger partial charge in [0.1, 0.15) is 5.75 Å². The van der Waals surface area contributed by atoms with Crippen LogP contribution in [0.5, 0.6) is 5.75 Å². The van der Waals surface area contributed by atoms with Gasteiger partial charge in [-0.15, -0.1) is 0 Å². The highest BCUT2D eigenvalue weighted by Crippen LogP contribution is 2.73. The number of hydrogen-bond donors (Lipinski definition) is 1. The molecule has 0 saturated heterocycles. The van der Waals surface area contributed by atoms with Gasteiger partial charge in [0.05, 0.1) is 18.1 Å². The van der Waals surface area contributed by atoms with E-state index < -0.39 is 12.2 Å². The standard InChI is InChI=1S/C25H22Cl2N2O3/c26-16-3-1-15(2-4-16)19-10-29(14-28-19)25-11-24(12-25,13-25)9-21(31)23-8-20(30)18-7-17(27)5-6-22(18)32-23/h1-7,10,14,20,23,30H,8-9,11-13H2/t20-,23-,24?,25?/m1/s1. The fourth-order valence-corrected chi connectivity index (χ4v) is 6.16. The van der Waals surface area contributed by atoms with Gasteiger partial charge in [-0.3, -0.25) is 4.79 Å². The maximum atomic E-state index is 13.0. The van der Waals surface area contributed by atoms with Gasteiger partial charge in [0.15, 0.2) is 11.9 Å². The molecule has 0 amide bonds. The van der Waals surface area contributed by atoms with E-state index in [1.54, 1.807) is 18.2 Å². The molecule has 7 rings (SSSR count). The largest absolute Gasteiger partial charge is 0.482 e. The Morgan fingerprint density at radius 3 is 2.59 bits per heavy atom. The van der Waals surface area contributed by atoms with Gasteiger partial charge in [0.25, 0.3) is 0 Å². The number of ether oxygens (including phenoxy) is 1. The number of aromatic nitrogens is 2. The minimum atomic E-state index is -0.733. The molecule has 3 aliphatic carbocycles. The van der Waals surface area contributed by atoms with Crippen LogP contribution < -0.4 is 4.74 Å². The van der Waals surface area contributed by atoms with E-state index in [2.05, 4.69) is 15.7 Å². The monoisotopic (exact) mass is 468 g/mol. The molecule has 2 heterocycles. The average Bonchev–Trinajstić information content (AvgIpc) is 3.20. The lowest BCUT2D eigenvalue weighted by Gasteiger charge is -2.71. The molecule has 1 aromatic heterocycles. The molecular formula is C25H22Cl2N2O3. The molecule has 0 unspecified atom stereocenters. The van der Waals surface area contributed by atoms with Crippen molar-refractivity contribution in [3.8, 4) is 17.0 Å². The molecule has 5 nitrogen and oxygen atoms in total. The summed E-state index contributed by atoms with van der Waals surface area (Å²) in [4.78, 5) is 17.6. The number of benzene rings is 2. The zero-order chi connectivity index (χ0) is 22.1. The van der Waals surface area contributed by atoms with Gasteiger partial charge in [-0.1, -0.05) is 35.3 Å². The van der Waals surface area contributed by atoms with Crippen LogP contribution in [0.4, 0.5) is 0 Å². The van der Waals surface area contributed by atoms with Crippen LogP contribution in [0.25, 0.3) is 11.3 Å². The number of fused-ring (bicyclic) bond motifs is 1. The zero-order valence-corrected chi connectivity index (χ0v) is 18.8. The molecule has 2 atom stereocenters. The van der Waals surface area contributed by atoms with Crippen LogP contribution in [0.2, 0.25) is 10.0 Å². The SMILES string of the molecule is O=C(CC12CC(n3cnc(-c4ccc(Cl)cc4)c3)(C1)C2)[C@H]1C[C@@H](O)c2cc(Cl)ccc2O1. The van der Waals surface area contributed by atoms with E-state index in [0.29, 0.717) is 27.8 Å². The fourth-order valence-electron chi connectivity index (χ4n) is 5.85. The van der Waals surface area contributed by atoms with Crippen molar-refractivity contribution >= 4 is 29.0 Å². The Bertz CT molecular complexity index is 1200. The summed E-state index contributed by atoms with van der Waals surface area (Å²) in [6.45, 7) is 0. The van der Waals surface area contributed by atoms with E-state index in [9.17, 15) is 9.90 Å². The maximum Gasteiger partial charge on any atom is 0.173 e. The number of aliphatic hydroxyl groups is 1. The van der Waals surface area contributed by atoms with Crippen LogP contribution >= 0.6 is 23.2 Å². The number of nitrogens with zero attached hydrogens (tertiary/aromatic N) is 2. The summed E-state index contributed by atoms with van der Waals surface area (Å²) in [5.41, 5.74) is 2.76. The summed E-state index contributed by atoms with van der Waals surface area (Å²) in [5, 5.41) is 11.7. The summed E-state index contributed by atoms with van der Waals surface area (Å²) in [7, 11) is 0. The third kappa shape index (κ3) is 3.18. The molecule has 1 aliphatic heterocycles. The molecule has 7 heteroatoms. The molecule has 4 aliphatic rings. The highest BCUT2D eigenvalue weighted by atomic mass is 35.5. The summed E-state index contributed by atoms with van der Waals surface area (Å²) < 4.78 is 8.14. The highest BCUT2D eigenvalue weighted by molar-refractivity contribution is 6.31. The minimum absolute atomic E-state index is 0.0520. The molecule has 2 aromatic carbocycles. The van der Waals surface area contributed by atoms with Gasteiger partial charge >= 0.3 is 0 Å². The molecule has 164 valence electrons. The summed E-state index contributed by atoms with van der Waals surface area (Å²) in [6.07, 6.45) is 6.36. The lowest BCUT2D eigenvalue weighted by molar-refractivity contribution is -0.195. The number of ketones is 1. The Morgan fingerprint density at radius 1 is 1.12 bits per heavy atom. The van der Waals surface area contributed by atoms with Gasteiger partial charge in [-0.2, -0.15) is 0 Å². The van der Waals surface area contributed by atoms with Crippen molar-refractivity contribution < 1.29 is 14.6 Å². The predicted octanol–water partition coefficient (Wildman–Crippen LogP) is 5.58. The van der Waals surface area contributed by atoms with Gasteiger partial charge in [0.2, 0.25) is 0 Å². The highest BCUT2D eigenvalue weighted by Gasteiger charge is 2.69. The molecule has 0 spiro atoms. The topological polar surface area (TPSA) is 64.4 Å². The Morgan fingerprint density at radius 2 is 1.84 bits per heavy atom. The van der Waals surface area contributed by atoms with Crippen molar-refractivity contribution in [2.75, 3.05) is 0 Å². The normalized spacial score (nSPS) is 30.0. The minimum Gasteiger partial charge on any atom is -0.482 e. The molecule has 32 heavy (non-hydrogen) atoms. The molecule has 3 saturated carbocycles. The summed E-state index contributed by atoms with van der Waals surface area (Å²) in [5.74, 6) is 0.624. The van der Waals surface area contributed by atoms with Gasteiger partial charge in [-0.05, 0) is 55.0 Å². The van der Waals surface area contributed by atoms with Crippen LogP contribution in [0.1, 0.15) is 43.8 Å². The van der Waals surface area contributed by atoms with Crippen molar-refractivity contribution in [2.45, 2.75) is 49.9 Å². The lowest BCUT2D eigenvalue weighted by Crippen LogP contribution is -2.68. The van der Waals surface area contributed by atoms with Gasteiger partial charge in [-0.25, -0.2) is 4.98 Å². The number of carbonyl (C=O) groups is 1. The van der Waals surface area contributed by atoms with E-state index in [-0.39, 0.29) is 23.2 Å². The van der Waals surface area contributed by atoms with Crippen molar-refractivity contribution in [3.63, 3.8) is 0 Å². The quantitative estimate of drug-likeness (QED) is 0.530. The fraction of sp³-hybridized carbons (Fsp3) is 0.360. The van der Waals surface area contributed by atoms with Crippen molar-refractivity contribution in [1.82, 2.24) is 9.55 Å². The smallest absolute Gasteiger partial charge is 0.173 e. The van der Waals surface area contributed by atoms with Crippen LogP contribution in [0.15, 0.2) is 55.0 Å². The Hall–Kier alpha value is -2.34. The number of halogens is 2. The Balaban J connectivity index is 1.10. The molecule has 1 N–H and O–H groups in total. The van der Waals surface area contributed by atoms with E-state index in [0.717, 1.165) is 30.5 Å².